The molecule has 0 unspecified atom stereocenters. The number of nitrogens with one attached hydrogen (secondary N) is 1. The van der Waals surface area contributed by atoms with Gasteiger partial charge < -0.3 is 10.1 Å². The molecule has 1 aromatic heterocycles. The van der Waals surface area contributed by atoms with Crippen LogP contribution < -0.4 is 5.32 Å². The van der Waals surface area contributed by atoms with Crippen LogP contribution in [-0.4, -0.2) is 18.5 Å². The number of para-hydroxylation sites is 1. The van der Waals surface area contributed by atoms with Gasteiger partial charge in [0, 0.05) is 15.8 Å². The van der Waals surface area contributed by atoms with Gasteiger partial charge in [0.05, 0.1) is 5.02 Å². The third-order valence-corrected chi connectivity index (χ3v) is 5.97. The minimum atomic E-state index is -0.587. The van der Waals surface area contributed by atoms with Crippen LogP contribution in [0.15, 0.2) is 42.5 Å². The highest BCUT2D eigenvalue weighted by Gasteiger charge is 2.19. The van der Waals surface area contributed by atoms with E-state index in [0.717, 1.165) is 39.7 Å². The van der Waals surface area contributed by atoms with E-state index in [-0.39, 0.29) is 12.5 Å². The van der Waals surface area contributed by atoms with Gasteiger partial charge in [-0.2, -0.15) is 0 Å². The maximum atomic E-state index is 12.4. The molecule has 0 atom stereocenters. The second-order valence-corrected chi connectivity index (χ2v) is 7.45. The third kappa shape index (κ3) is 4.15. The first kappa shape index (κ1) is 19.4. The lowest BCUT2D eigenvalue weighted by molar-refractivity contribution is -0.119. The van der Waals surface area contributed by atoms with Gasteiger partial charge in [0.25, 0.3) is 5.91 Å². The molecule has 3 rings (SSSR count). The number of ether oxygens (including phenoxy) is 1. The van der Waals surface area contributed by atoms with Gasteiger partial charge in [-0.3, -0.25) is 4.79 Å². The molecular formula is C21H20ClNO3S. The number of esters is 1. The Labute approximate surface area is 167 Å². The summed E-state index contributed by atoms with van der Waals surface area (Å²) >= 11 is 7.55. The van der Waals surface area contributed by atoms with Crippen molar-refractivity contribution in [1.82, 2.24) is 0 Å². The highest BCUT2D eigenvalue weighted by Crippen LogP contribution is 2.35. The summed E-state index contributed by atoms with van der Waals surface area (Å²) in [4.78, 5) is 25.0. The molecule has 0 aliphatic carbocycles. The lowest BCUT2D eigenvalue weighted by Crippen LogP contribution is -2.22. The van der Waals surface area contributed by atoms with E-state index in [4.69, 9.17) is 16.3 Å². The zero-order chi connectivity index (χ0) is 19.4. The fourth-order valence-corrected chi connectivity index (χ4v) is 4.32. The van der Waals surface area contributed by atoms with E-state index in [2.05, 4.69) is 5.32 Å². The predicted molar refractivity (Wildman–Crippen MR) is 111 cm³/mol. The molecule has 140 valence electrons. The topological polar surface area (TPSA) is 55.4 Å². The van der Waals surface area contributed by atoms with Crippen molar-refractivity contribution in [2.75, 3.05) is 11.9 Å². The molecule has 0 spiro atoms. The van der Waals surface area contributed by atoms with E-state index < -0.39 is 5.97 Å². The molecule has 0 saturated carbocycles. The van der Waals surface area contributed by atoms with Crippen molar-refractivity contribution in [2.45, 2.75) is 26.7 Å². The van der Waals surface area contributed by atoms with E-state index >= 15 is 0 Å². The van der Waals surface area contributed by atoms with Crippen molar-refractivity contribution in [3.8, 4) is 0 Å². The molecule has 0 aliphatic rings. The summed E-state index contributed by atoms with van der Waals surface area (Å²) in [5.74, 6) is -0.952. The smallest absolute Gasteiger partial charge is 0.350 e. The highest BCUT2D eigenvalue weighted by molar-refractivity contribution is 7.21. The molecule has 27 heavy (non-hydrogen) atoms. The molecular weight excluding hydrogens is 382 g/mol. The quantitative estimate of drug-likeness (QED) is 0.557. The molecule has 4 nitrogen and oxygen atoms in total. The van der Waals surface area contributed by atoms with Crippen molar-refractivity contribution in [1.29, 1.82) is 0 Å². The minimum absolute atomic E-state index is 0.314. The number of anilines is 1. The lowest BCUT2D eigenvalue weighted by atomic mass is 10.0. The zero-order valence-electron chi connectivity index (χ0n) is 15.2. The van der Waals surface area contributed by atoms with Crippen molar-refractivity contribution in [3.05, 3.63) is 63.5 Å². The lowest BCUT2D eigenvalue weighted by Gasteiger charge is -2.14. The largest absolute Gasteiger partial charge is 0.451 e. The Bertz CT molecular complexity index is 974. The van der Waals surface area contributed by atoms with Gasteiger partial charge in [-0.1, -0.05) is 61.8 Å². The minimum Gasteiger partial charge on any atom is -0.451 e. The predicted octanol–water partition coefficient (Wildman–Crippen LogP) is 5.48. The normalized spacial score (nSPS) is 10.8. The molecule has 0 saturated heterocycles. The molecule has 3 aromatic rings. The van der Waals surface area contributed by atoms with Gasteiger partial charge >= 0.3 is 5.97 Å². The number of aryl methyl sites for hydroxylation is 2. The monoisotopic (exact) mass is 401 g/mol. The number of carbonyl (C=O) groups excluding carboxylic acids is 2. The molecule has 0 bridgehead atoms. The first-order chi connectivity index (χ1) is 13.0. The van der Waals surface area contributed by atoms with Gasteiger partial charge in [0.15, 0.2) is 6.61 Å². The van der Waals surface area contributed by atoms with Gasteiger partial charge in [-0.25, -0.2) is 4.79 Å². The number of halogens is 1. The Kier molecular flexibility index (Phi) is 6.14. The SMILES string of the molecule is CCc1cccc(CC)c1NC(=O)COC(=O)c1sc2ccccc2c1Cl. The summed E-state index contributed by atoms with van der Waals surface area (Å²) in [6.45, 7) is 3.71. The van der Waals surface area contributed by atoms with E-state index in [0.29, 0.717) is 9.90 Å². The van der Waals surface area contributed by atoms with E-state index in [1.807, 2.05) is 56.3 Å². The second-order valence-electron chi connectivity index (χ2n) is 6.02. The summed E-state index contributed by atoms with van der Waals surface area (Å²) in [6, 6.07) is 13.4. The Morgan fingerprint density at radius 2 is 1.70 bits per heavy atom. The van der Waals surface area contributed by atoms with Crippen LogP contribution in [0.1, 0.15) is 34.6 Å². The molecule has 1 heterocycles. The number of benzene rings is 2. The van der Waals surface area contributed by atoms with Gasteiger partial charge in [-0.15, -0.1) is 11.3 Å². The fraction of sp³-hybridized carbons (Fsp3) is 0.238. The average molecular weight is 402 g/mol. The Balaban J connectivity index is 1.69. The van der Waals surface area contributed by atoms with Gasteiger partial charge in [0.2, 0.25) is 0 Å². The maximum absolute atomic E-state index is 12.4. The first-order valence-corrected chi connectivity index (χ1v) is 9.99. The second kappa shape index (κ2) is 8.55. The number of carbonyl (C=O) groups is 2. The zero-order valence-corrected chi connectivity index (χ0v) is 16.7. The number of hydrogen-bond acceptors (Lipinski definition) is 4. The Hall–Kier alpha value is -2.37. The highest BCUT2D eigenvalue weighted by atomic mass is 35.5. The first-order valence-electron chi connectivity index (χ1n) is 8.79. The van der Waals surface area contributed by atoms with Crippen LogP contribution in [0, 0.1) is 0 Å². The number of fused-ring (bicyclic) bond motifs is 1. The van der Waals surface area contributed by atoms with Gasteiger partial charge in [0.1, 0.15) is 4.88 Å². The van der Waals surface area contributed by atoms with E-state index in [1.165, 1.54) is 11.3 Å². The average Bonchev–Trinajstić information content (AvgIpc) is 3.03. The van der Waals surface area contributed by atoms with Crippen LogP contribution in [0.4, 0.5) is 5.69 Å². The van der Waals surface area contributed by atoms with Crippen LogP contribution in [0.25, 0.3) is 10.1 Å². The molecule has 0 fully saturated rings. The molecule has 0 radical (unpaired) electrons. The molecule has 2 aromatic carbocycles. The maximum Gasteiger partial charge on any atom is 0.350 e. The summed E-state index contributed by atoms with van der Waals surface area (Å²) in [5.41, 5.74) is 2.92. The number of rotatable bonds is 6. The van der Waals surface area contributed by atoms with Crippen LogP contribution in [0.2, 0.25) is 5.02 Å². The molecule has 0 aliphatic heterocycles. The van der Waals surface area contributed by atoms with Crippen LogP contribution >= 0.6 is 22.9 Å². The van der Waals surface area contributed by atoms with Crippen LogP contribution in [-0.2, 0) is 22.4 Å². The van der Waals surface area contributed by atoms with Crippen molar-refractivity contribution in [2.24, 2.45) is 0 Å². The fourth-order valence-electron chi connectivity index (χ4n) is 2.92. The van der Waals surface area contributed by atoms with Crippen LogP contribution in [0.3, 0.4) is 0 Å². The Morgan fingerprint density at radius 1 is 1.04 bits per heavy atom. The standard InChI is InChI=1S/C21H20ClNO3S/c1-3-13-8-7-9-14(4-2)19(13)23-17(24)12-26-21(25)20-18(22)15-10-5-6-11-16(15)27-20/h5-11H,3-4,12H2,1-2H3,(H,23,24). The number of thiophene rings is 1. The van der Waals surface area contributed by atoms with E-state index in [1.54, 1.807) is 0 Å². The third-order valence-electron chi connectivity index (χ3n) is 4.32. The summed E-state index contributed by atoms with van der Waals surface area (Å²) in [6.07, 6.45) is 1.61. The van der Waals surface area contributed by atoms with Crippen LogP contribution in [0.5, 0.6) is 0 Å². The van der Waals surface area contributed by atoms with Crippen molar-refractivity contribution in [3.63, 3.8) is 0 Å². The molecule has 1 N–H and O–H groups in total. The van der Waals surface area contributed by atoms with Crippen molar-refractivity contribution < 1.29 is 14.3 Å². The Morgan fingerprint density at radius 3 is 2.33 bits per heavy atom. The summed E-state index contributed by atoms with van der Waals surface area (Å²) in [7, 11) is 0. The van der Waals surface area contributed by atoms with Gasteiger partial charge in [-0.05, 0) is 30.0 Å². The summed E-state index contributed by atoms with van der Waals surface area (Å²) in [5, 5.41) is 4.06. The van der Waals surface area contributed by atoms with Crippen molar-refractivity contribution >= 4 is 50.6 Å². The number of hydrogen-bond donors (Lipinski definition) is 1. The number of amides is 1. The molecule has 1 amide bonds. The molecule has 6 heteroatoms. The van der Waals surface area contributed by atoms with E-state index in [9.17, 15) is 9.59 Å². The summed E-state index contributed by atoms with van der Waals surface area (Å²) < 4.78 is 6.10.